The summed E-state index contributed by atoms with van der Waals surface area (Å²) in [6.07, 6.45) is 2.93. The first-order valence-electron chi connectivity index (χ1n) is 22.3. The molecule has 0 N–H and O–H groups in total. The molecule has 0 radical (unpaired) electrons. The van der Waals surface area contributed by atoms with Gasteiger partial charge in [-0.3, -0.25) is 57.5 Å². The molecule has 0 aliphatic carbocycles. The average molecular weight is 963 g/mol. The van der Waals surface area contributed by atoms with Crippen LogP contribution in [0.2, 0.25) is 56.0 Å². The first-order valence-corrected chi connectivity index (χ1v) is 33.0. The number of nitrogens with zero attached hydrogens (tertiary/aromatic N) is 4. The summed E-state index contributed by atoms with van der Waals surface area (Å²) in [5.74, 6) is -9.36. The van der Waals surface area contributed by atoms with Crippen molar-refractivity contribution in [2.24, 2.45) is 23.7 Å². The molecular formula is C41H62N4O15Si4. The van der Waals surface area contributed by atoms with E-state index in [1.807, 2.05) is 13.1 Å². The van der Waals surface area contributed by atoms with Crippen molar-refractivity contribution in [2.75, 3.05) is 0 Å². The molecule has 64 heavy (non-hydrogen) atoms. The second-order valence-corrected chi connectivity index (χ2v) is 35.4. The maximum absolute atomic E-state index is 13.1. The third kappa shape index (κ3) is 11.5. The third-order valence-electron chi connectivity index (χ3n) is 13.2. The van der Waals surface area contributed by atoms with Gasteiger partial charge in [-0.25, -0.2) is 19.6 Å². The maximum atomic E-state index is 13.1. The van der Waals surface area contributed by atoms with Crippen LogP contribution in [-0.4, -0.2) is 124 Å². The van der Waals surface area contributed by atoms with Crippen molar-refractivity contribution in [3.63, 3.8) is 0 Å². The SMILES string of the molecule is CC(=O)N1C(=O)CC(CCC[Si]2(C)C[Si](C)(CCCC3CC(=O)N(C(C)=O)C3=O)O[Si](C)(CCCC3CC(=O)N(C(C)=O)C3=O)O[Si](C)(CCCC3CC(=O)N(C(C)=O)C3=O)O2)C1=O. The Morgan fingerprint density at radius 1 is 0.422 bits per heavy atom. The molecule has 19 nitrogen and oxygen atoms in total. The lowest BCUT2D eigenvalue weighted by atomic mass is 10.0. The summed E-state index contributed by atoms with van der Waals surface area (Å²) in [7, 11) is -12.4. The highest BCUT2D eigenvalue weighted by atomic mass is 28.5. The summed E-state index contributed by atoms with van der Waals surface area (Å²) in [6, 6.07) is 1.93. The van der Waals surface area contributed by atoms with Gasteiger partial charge in [0, 0.05) is 77.0 Å². The van der Waals surface area contributed by atoms with Crippen molar-refractivity contribution in [3.8, 4) is 0 Å². The fourth-order valence-corrected chi connectivity index (χ4v) is 39.4. The Kier molecular flexibility index (Phi) is 15.8. The van der Waals surface area contributed by atoms with E-state index in [0.717, 1.165) is 0 Å². The number of amides is 12. The van der Waals surface area contributed by atoms with Crippen LogP contribution in [0.5, 0.6) is 0 Å². The third-order valence-corrected chi connectivity index (χ3v) is 35.4. The predicted octanol–water partition coefficient (Wildman–Crippen LogP) is 3.69. The average Bonchev–Trinajstić information content (AvgIpc) is 3.80. The maximum Gasteiger partial charge on any atom is 0.315 e. The molecule has 0 aromatic heterocycles. The Labute approximate surface area is 377 Å². The molecule has 23 heteroatoms. The molecule has 352 valence electrons. The highest BCUT2D eigenvalue weighted by Crippen LogP contribution is 2.43. The summed E-state index contributed by atoms with van der Waals surface area (Å²) in [4.78, 5) is 153. The molecule has 8 unspecified atom stereocenters. The molecule has 0 saturated carbocycles. The van der Waals surface area contributed by atoms with Crippen LogP contribution in [0.15, 0.2) is 0 Å². The fourth-order valence-electron chi connectivity index (χ4n) is 10.7. The number of rotatable bonds is 16. The molecule has 12 amide bonds. The van der Waals surface area contributed by atoms with E-state index in [1.54, 1.807) is 0 Å². The van der Waals surface area contributed by atoms with Crippen LogP contribution in [0.1, 0.15) is 105 Å². The molecule has 5 fully saturated rings. The van der Waals surface area contributed by atoms with Crippen molar-refractivity contribution in [2.45, 2.75) is 161 Å². The van der Waals surface area contributed by atoms with Gasteiger partial charge in [-0.1, -0.05) is 25.7 Å². The number of carbonyl (C=O) groups is 12. The summed E-state index contributed by atoms with van der Waals surface area (Å²) in [5.41, 5.74) is 0.579. The quantitative estimate of drug-likeness (QED) is 0.158. The van der Waals surface area contributed by atoms with E-state index in [-0.39, 0.29) is 25.7 Å². The highest BCUT2D eigenvalue weighted by molar-refractivity contribution is 7.00. The van der Waals surface area contributed by atoms with Gasteiger partial charge in [0.1, 0.15) is 0 Å². The van der Waals surface area contributed by atoms with Crippen LogP contribution in [0.4, 0.5) is 0 Å². The molecule has 5 aliphatic heterocycles. The van der Waals surface area contributed by atoms with Gasteiger partial charge in [0.2, 0.25) is 70.9 Å². The van der Waals surface area contributed by atoms with Crippen LogP contribution in [0.25, 0.3) is 0 Å². The van der Waals surface area contributed by atoms with Crippen LogP contribution in [-0.2, 0) is 69.9 Å². The van der Waals surface area contributed by atoms with E-state index in [0.29, 0.717) is 101 Å². The first kappa shape index (κ1) is 51.0. The normalized spacial score (nSPS) is 32.6. The summed E-state index contributed by atoms with van der Waals surface area (Å²) in [6.45, 7) is 12.8. The Balaban J connectivity index is 1.41. The Bertz CT molecular complexity index is 1740. The van der Waals surface area contributed by atoms with Gasteiger partial charge >= 0.3 is 17.1 Å². The number of likely N-dealkylation sites (tertiary alicyclic amines) is 4. The smallest absolute Gasteiger partial charge is 0.315 e. The number of carbonyl (C=O) groups excluding carboxylic acids is 12. The zero-order valence-electron chi connectivity index (χ0n) is 38.2. The van der Waals surface area contributed by atoms with Crippen molar-refractivity contribution in [1.82, 2.24) is 19.6 Å². The van der Waals surface area contributed by atoms with Gasteiger partial charge in [0.15, 0.2) is 16.6 Å². The van der Waals surface area contributed by atoms with Crippen LogP contribution >= 0.6 is 0 Å². The Morgan fingerprint density at radius 2 is 0.656 bits per heavy atom. The standard InChI is InChI=1S/C41H62N4O15Si4/c1-26(46)42-34(50)21-30(38(42)54)13-9-17-61(5)25-62(6,18-10-14-31-22-35(51)43(27(2)47)39(31)55)59-64(8,20-12-16-33-24-37(53)45(29(4)49)41(33)57)60-63(7,58-61)19-11-15-32-23-36(52)44(28(3)48)40(32)56/h30-33H,9-25H2,1-8H3. The van der Waals surface area contributed by atoms with Crippen LogP contribution in [0.3, 0.4) is 0 Å². The largest absolute Gasteiger partial charge is 0.436 e. The topological polar surface area (TPSA) is 245 Å². The molecule has 0 bridgehead atoms. The monoisotopic (exact) mass is 962 g/mol. The Hall–Kier alpha value is -4.01. The summed E-state index contributed by atoms with van der Waals surface area (Å²) in [5, 5.41) is 0. The lowest BCUT2D eigenvalue weighted by molar-refractivity contribution is -0.151. The Morgan fingerprint density at radius 3 is 0.875 bits per heavy atom. The summed E-state index contributed by atoms with van der Waals surface area (Å²) >= 11 is 0. The van der Waals surface area contributed by atoms with Crippen molar-refractivity contribution >= 4 is 105 Å². The predicted molar refractivity (Wildman–Crippen MR) is 233 cm³/mol. The molecule has 5 aliphatic rings. The molecule has 5 saturated heterocycles. The number of imide groups is 12. The van der Waals surface area contributed by atoms with Gasteiger partial charge < -0.3 is 12.3 Å². The zero-order valence-corrected chi connectivity index (χ0v) is 42.2. The summed E-state index contributed by atoms with van der Waals surface area (Å²) < 4.78 is 22.1. The van der Waals surface area contributed by atoms with E-state index in [4.69, 9.17) is 12.3 Å². The molecule has 0 spiro atoms. The van der Waals surface area contributed by atoms with Gasteiger partial charge in [0.25, 0.3) is 0 Å². The van der Waals surface area contributed by atoms with Crippen LogP contribution < -0.4 is 0 Å². The van der Waals surface area contributed by atoms with Crippen LogP contribution in [0, 0.1) is 23.7 Å². The second-order valence-electron chi connectivity index (χ2n) is 19.2. The van der Waals surface area contributed by atoms with E-state index < -0.39 is 128 Å². The second kappa shape index (κ2) is 19.8. The first-order chi connectivity index (χ1) is 29.7. The molecular weight excluding hydrogens is 901 g/mol. The zero-order chi connectivity index (χ0) is 47.7. The molecule has 5 rings (SSSR count). The fraction of sp³-hybridized carbons (Fsp3) is 0.707. The van der Waals surface area contributed by atoms with Crippen molar-refractivity contribution < 1.29 is 69.9 Å². The lowest BCUT2D eigenvalue weighted by Crippen LogP contribution is -2.65. The lowest BCUT2D eigenvalue weighted by Gasteiger charge is -2.51. The molecule has 8 atom stereocenters. The number of hydrogen-bond donors (Lipinski definition) is 0. The minimum absolute atomic E-state index is 0.0626. The van der Waals surface area contributed by atoms with Crippen molar-refractivity contribution in [3.05, 3.63) is 0 Å². The highest BCUT2D eigenvalue weighted by Gasteiger charge is 2.56. The van der Waals surface area contributed by atoms with E-state index in [1.165, 1.54) is 27.7 Å². The molecule has 5 heterocycles. The van der Waals surface area contributed by atoms with Crippen molar-refractivity contribution in [1.29, 1.82) is 0 Å². The van der Waals surface area contributed by atoms with Gasteiger partial charge in [0.05, 0.1) is 0 Å². The van der Waals surface area contributed by atoms with E-state index in [9.17, 15) is 57.5 Å². The van der Waals surface area contributed by atoms with E-state index >= 15 is 0 Å². The molecule has 0 aromatic carbocycles. The van der Waals surface area contributed by atoms with E-state index in [2.05, 4.69) is 13.1 Å². The molecule has 0 aromatic rings. The van der Waals surface area contributed by atoms with Gasteiger partial charge in [-0.2, -0.15) is 0 Å². The minimum Gasteiger partial charge on any atom is -0.436 e. The van der Waals surface area contributed by atoms with Gasteiger partial charge in [-0.15, -0.1) is 0 Å². The minimum atomic E-state index is -3.28. The van der Waals surface area contributed by atoms with Gasteiger partial charge in [-0.05, 0) is 81.7 Å². The number of hydrogen-bond acceptors (Lipinski definition) is 15.